The largest absolute Gasteiger partial charge is 0.491 e. The van der Waals surface area contributed by atoms with Crippen LogP contribution >= 0.6 is 0 Å². The number of hydrogen-bond acceptors (Lipinski definition) is 4. The van der Waals surface area contributed by atoms with Gasteiger partial charge in [-0.25, -0.2) is 5.43 Å². The van der Waals surface area contributed by atoms with Crippen molar-refractivity contribution < 1.29 is 14.3 Å². The third-order valence-corrected chi connectivity index (χ3v) is 2.24. The average molecular weight is 289 g/mol. The molecule has 112 valence electrons. The Labute approximate surface area is 123 Å². The fraction of sp³-hybridized carbons (Fsp3) is 0.267. The van der Waals surface area contributed by atoms with Gasteiger partial charge in [0.25, 0.3) is 0 Å². The molecule has 0 spiro atoms. The van der Waals surface area contributed by atoms with Crippen molar-refractivity contribution in [3.8, 4) is 5.75 Å². The lowest BCUT2D eigenvalue weighted by Gasteiger charge is -2.09. The Morgan fingerprint density at radius 2 is 1.95 bits per heavy atom. The molecular formula is C15H19N3O3. The topological polar surface area (TPSA) is 79.8 Å². The first-order chi connectivity index (χ1) is 10.0. The molecule has 0 saturated heterocycles. The van der Waals surface area contributed by atoms with Crippen LogP contribution in [0.5, 0.6) is 5.75 Å². The van der Waals surface area contributed by atoms with Gasteiger partial charge >= 0.3 is 11.8 Å². The van der Waals surface area contributed by atoms with E-state index in [9.17, 15) is 9.59 Å². The van der Waals surface area contributed by atoms with E-state index < -0.39 is 11.8 Å². The standard InChI is InChI=1S/C15H19N3O3/c1-4-9-16-14(19)15(20)18-17-10-12-5-7-13(8-6-12)21-11(2)3/h4-8,10-11H,1,9H2,2-3H3,(H,16,19)(H,18,20)/b17-10+. The minimum Gasteiger partial charge on any atom is -0.491 e. The molecule has 1 aromatic carbocycles. The zero-order valence-electron chi connectivity index (χ0n) is 12.1. The Bertz CT molecular complexity index is 521. The van der Waals surface area contributed by atoms with E-state index in [4.69, 9.17) is 4.74 Å². The van der Waals surface area contributed by atoms with Crippen LogP contribution in [-0.2, 0) is 9.59 Å². The van der Waals surface area contributed by atoms with E-state index in [2.05, 4.69) is 22.4 Å². The molecule has 2 N–H and O–H groups in total. The van der Waals surface area contributed by atoms with Gasteiger partial charge in [0.1, 0.15) is 5.75 Å². The van der Waals surface area contributed by atoms with E-state index >= 15 is 0 Å². The Balaban J connectivity index is 2.47. The number of nitrogens with zero attached hydrogens (tertiary/aromatic N) is 1. The molecule has 0 aliphatic rings. The summed E-state index contributed by atoms with van der Waals surface area (Å²) in [5, 5.41) is 6.06. The summed E-state index contributed by atoms with van der Waals surface area (Å²) in [7, 11) is 0. The number of hydrazone groups is 1. The molecule has 0 bridgehead atoms. The molecule has 0 heterocycles. The molecule has 6 nitrogen and oxygen atoms in total. The molecule has 0 aliphatic heterocycles. The summed E-state index contributed by atoms with van der Waals surface area (Å²) in [6.45, 7) is 7.56. The number of benzene rings is 1. The normalized spacial score (nSPS) is 10.4. The number of carbonyl (C=O) groups excluding carboxylic acids is 2. The van der Waals surface area contributed by atoms with Crippen LogP contribution in [0.3, 0.4) is 0 Å². The van der Waals surface area contributed by atoms with E-state index in [0.29, 0.717) is 0 Å². The second kappa shape index (κ2) is 8.52. The lowest BCUT2D eigenvalue weighted by molar-refractivity contribution is -0.139. The monoisotopic (exact) mass is 289 g/mol. The van der Waals surface area contributed by atoms with Gasteiger partial charge in [-0.3, -0.25) is 9.59 Å². The molecule has 0 aliphatic carbocycles. The van der Waals surface area contributed by atoms with E-state index in [1.807, 2.05) is 13.8 Å². The average Bonchev–Trinajstić information content (AvgIpc) is 2.45. The Morgan fingerprint density at radius 3 is 2.52 bits per heavy atom. The van der Waals surface area contributed by atoms with Gasteiger partial charge in [0.2, 0.25) is 0 Å². The van der Waals surface area contributed by atoms with Crippen LogP contribution in [-0.4, -0.2) is 30.7 Å². The van der Waals surface area contributed by atoms with Gasteiger partial charge in [0, 0.05) is 6.54 Å². The summed E-state index contributed by atoms with van der Waals surface area (Å²) in [6.07, 6.45) is 3.03. The van der Waals surface area contributed by atoms with Crippen LogP contribution in [0, 0.1) is 0 Å². The van der Waals surface area contributed by atoms with Gasteiger partial charge in [-0.15, -0.1) is 6.58 Å². The number of amides is 2. The van der Waals surface area contributed by atoms with Crippen LogP contribution in [0.25, 0.3) is 0 Å². The molecule has 1 aromatic rings. The van der Waals surface area contributed by atoms with E-state index in [0.717, 1.165) is 11.3 Å². The van der Waals surface area contributed by atoms with Crippen LogP contribution < -0.4 is 15.5 Å². The van der Waals surface area contributed by atoms with Crippen LogP contribution in [0.1, 0.15) is 19.4 Å². The van der Waals surface area contributed by atoms with Crippen LogP contribution in [0.2, 0.25) is 0 Å². The summed E-state index contributed by atoms with van der Waals surface area (Å²) >= 11 is 0. The van der Waals surface area contributed by atoms with Crippen molar-refractivity contribution in [2.45, 2.75) is 20.0 Å². The Hall–Kier alpha value is -2.63. The summed E-state index contributed by atoms with van der Waals surface area (Å²) in [4.78, 5) is 22.6. The van der Waals surface area contributed by atoms with E-state index in [1.54, 1.807) is 24.3 Å². The van der Waals surface area contributed by atoms with Crippen molar-refractivity contribution in [1.29, 1.82) is 0 Å². The highest BCUT2D eigenvalue weighted by atomic mass is 16.5. The molecular weight excluding hydrogens is 270 g/mol. The molecule has 1 rings (SSSR count). The summed E-state index contributed by atoms with van der Waals surface area (Å²) in [5.41, 5.74) is 2.92. The predicted molar refractivity (Wildman–Crippen MR) is 81.1 cm³/mol. The highest BCUT2D eigenvalue weighted by Gasteiger charge is 2.10. The van der Waals surface area contributed by atoms with Gasteiger partial charge in [-0.1, -0.05) is 6.08 Å². The molecule has 0 atom stereocenters. The molecule has 0 radical (unpaired) electrons. The van der Waals surface area contributed by atoms with Crippen molar-refractivity contribution in [2.24, 2.45) is 5.10 Å². The summed E-state index contributed by atoms with van der Waals surface area (Å²) in [6, 6.07) is 7.20. The summed E-state index contributed by atoms with van der Waals surface area (Å²) < 4.78 is 5.51. The SMILES string of the molecule is C=CCNC(=O)C(=O)N/N=C/c1ccc(OC(C)C)cc1. The second-order valence-corrected chi connectivity index (χ2v) is 4.43. The molecule has 0 saturated carbocycles. The third kappa shape index (κ3) is 6.38. The fourth-order valence-electron chi connectivity index (χ4n) is 1.37. The molecule has 21 heavy (non-hydrogen) atoms. The van der Waals surface area contributed by atoms with Crippen molar-refractivity contribution in [3.63, 3.8) is 0 Å². The van der Waals surface area contributed by atoms with Gasteiger partial charge in [-0.2, -0.15) is 5.10 Å². The van der Waals surface area contributed by atoms with Gasteiger partial charge in [-0.05, 0) is 43.7 Å². The van der Waals surface area contributed by atoms with Gasteiger partial charge in [0.05, 0.1) is 12.3 Å². The first-order valence-corrected chi connectivity index (χ1v) is 6.51. The molecule has 2 amide bonds. The van der Waals surface area contributed by atoms with E-state index in [-0.39, 0.29) is 12.6 Å². The minimum atomic E-state index is -0.826. The smallest absolute Gasteiger partial charge is 0.329 e. The molecule has 0 aromatic heterocycles. The van der Waals surface area contributed by atoms with Crippen molar-refractivity contribution in [1.82, 2.24) is 10.7 Å². The minimum absolute atomic E-state index is 0.109. The van der Waals surface area contributed by atoms with Crippen LogP contribution in [0.4, 0.5) is 0 Å². The lowest BCUT2D eigenvalue weighted by Crippen LogP contribution is -2.37. The van der Waals surface area contributed by atoms with Crippen molar-refractivity contribution in [2.75, 3.05) is 6.54 Å². The van der Waals surface area contributed by atoms with Crippen LogP contribution in [0.15, 0.2) is 42.0 Å². The zero-order valence-corrected chi connectivity index (χ0v) is 12.1. The number of ether oxygens (including phenoxy) is 1. The first-order valence-electron chi connectivity index (χ1n) is 6.51. The Morgan fingerprint density at radius 1 is 1.29 bits per heavy atom. The maximum Gasteiger partial charge on any atom is 0.329 e. The quantitative estimate of drug-likeness (QED) is 0.358. The fourth-order valence-corrected chi connectivity index (χ4v) is 1.37. The molecule has 6 heteroatoms. The van der Waals surface area contributed by atoms with Crippen molar-refractivity contribution >= 4 is 18.0 Å². The highest BCUT2D eigenvalue weighted by Crippen LogP contribution is 2.12. The lowest BCUT2D eigenvalue weighted by atomic mass is 10.2. The highest BCUT2D eigenvalue weighted by molar-refractivity contribution is 6.35. The number of nitrogens with one attached hydrogen (secondary N) is 2. The molecule has 0 fully saturated rings. The van der Waals surface area contributed by atoms with Crippen molar-refractivity contribution in [3.05, 3.63) is 42.5 Å². The van der Waals surface area contributed by atoms with Gasteiger partial charge in [0.15, 0.2) is 0 Å². The number of carbonyl (C=O) groups is 2. The number of hydrogen-bond donors (Lipinski definition) is 2. The zero-order chi connectivity index (χ0) is 15.7. The first kappa shape index (κ1) is 16.4. The summed E-state index contributed by atoms with van der Waals surface area (Å²) in [5.74, 6) is -0.824. The number of rotatable bonds is 6. The predicted octanol–water partition coefficient (Wildman–Crippen LogP) is 1.23. The second-order valence-electron chi connectivity index (χ2n) is 4.43. The third-order valence-electron chi connectivity index (χ3n) is 2.24. The van der Waals surface area contributed by atoms with Gasteiger partial charge < -0.3 is 10.1 Å². The van der Waals surface area contributed by atoms with E-state index in [1.165, 1.54) is 12.3 Å². The maximum atomic E-state index is 11.3. The maximum absolute atomic E-state index is 11.3. The Kier molecular flexibility index (Phi) is 6.67. The molecule has 0 unspecified atom stereocenters.